The van der Waals surface area contributed by atoms with Crippen molar-refractivity contribution in [1.29, 1.82) is 0 Å². The Labute approximate surface area is 307 Å². The molecule has 1 aliphatic carbocycles. The second-order valence-corrected chi connectivity index (χ2v) is 14.3. The first kappa shape index (κ1) is 34.8. The minimum atomic E-state index is -1.08. The van der Waals surface area contributed by atoms with Crippen molar-refractivity contribution in [2.24, 2.45) is 17.8 Å². The van der Waals surface area contributed by atoms with Gasteiger partial charge in [0.25, 0.3) is 0 Å². The van der Waals surface area contributed by atoms with Crippen molar-refractivity contribution < 1.29 is 29.1 Å². The molecule has 0 unspecified atom stereocenters. The fourth-order valence-corrected chi connectivity index (χ4v) is 8.13. The molecule has 0 bridgehead atoms. The lowest BCUT2D eigenvalue weighted by molar-refractivity contribution is -0.122. The van der Waals surface area contributed by atoms with Crippen LogP contribution in [0.3, 0.4) is 0 Å². The highest BCUT2D eigenvalue weighted by molar-refractivity contribution is 9.10. The van der Waals surface area contributed by atoms with Gasteiger partial charge in [-0.15, -0.1) is 0 Å². The van der Waals surface area contributed by atoms with E-state index in [1.54, 1.807) is 24.3 Å². The summed E-state index contributed by atoms with van der Waals surface area (Å²) >= 11 is 3.49. The molecule has 4 aromatic carbocycles. The average molecular weight is 747 g/mol. The number of anilines is 3. The van der Waals surface area contributed by atoms with Crippen LogP contribution in [-0.4, -0.2) is 41.8 Å². The molecular formula is C41H40BBrN2O6. The molecule has 0 radical (unpaired) electrons. The summed E-state index contributed by atoms with van der Waals surface area (Å²) in [6.07, 6.45) is 4.09. The van der Waals surface area contributed by atoms with Crippen LogP contribution in [0.15, 0.2) is 124 Å². The van der Waals surface area contributed by atoms with Crippen molar-refractivity contribution >= 4 is 58.0 Å². The normalized spacial score (nSPS) is 21.8. The van der Waals surface area contributed by atoms with E-state index >= 15 is 0 Å². The zero-order valence-corrected chi connectivity index (χ0v) is 30.0. The molecule has 7 rings (SSSR count). The van der Waals surface area contributed by atoms with Gasteiger partial charge in [0.1, 0.15) is 18.1 Å². The van der Waals surface area contributed by atoms with Crippen molar-refractivity contribution in [3.8, 4) is 11.5 Å². The SMILES string of the molecule is CC/C(=C\c1cc(Br)ccc1O)CC[C@H]1OB(O)C[C@H]2C1=C(COc1ccccc1)C[C@H]1C(=O)N(c3ccc(Nc4ccccc4)cc3)C(=O)[C@H]12. The van der Waals surface area contributed by atoms with Crippen LogP contribution in [0.2, 0.25) is 6.32 Å². The van der Waals surface area contributed by atoms with E-state index in [1.807, 2.05) is 84.9 Å². The monoisotopic (exact) mass is 746 g/mol. The largest absolute Gasteiger partial charge is 0.507 e. The summed E-state index contributed by atoms with van der Waals surface area (Å²) in [6, 6.07) is 32.0. The van der Waals surface area contributed by atoms with Gasteiger partial charge in [0.2, 0.25) is 11.8 Å². The number of aromatic hydroxyl groups is 1. The van der Waals surface area contributed by atoms with Gasteiger partial charge in [-0.3, -0.25) is 14.5 Å². The maximum atomic E-state index is 14.3. The van der Waals surface area contributed by atoms with E-state index < -0.39 is 25.1 Å². The summed E-state index contributed by atoms with van der Waals surface area (Å²) in [5, 5.41) is 24.9. The summed E-state index contributed by atoms with van der Waals surface area (Å²) in [5.41, 5.74) is 6.05. The first-order valence-corrected chi connectivity index (χ1v) is 18.3. The number of rotatable bonds is 11. The maximum Gasteiger partial charge on any atom is 0.455 e. The Morgan fingerprint density at radius 1 is 0.961 bits per heavy atom. The number of hydrogen-bond acceptors (Lipinski definition) is 7. The number of allylic oxidation sites excluding steroid dienone is 1. The summed E-state index contributed by atoms with van der Waals surface area (Å²) in [6.45, 7) is 2.32. The van der Waals surface area contributed by atoms with E-state index in [0.717, 1.165) is 44.6 Å². The highest BCUT2D eigenvalue weighted by atomic mass is 79.9. The van der Waals surface area contributed by atoms with E-state index in [1.165, 1.54) is 4.90 Å². The standard InChI is InChI=1S/C41H40BBrN2O6/c1-2-26(21-27-22-29(43)14-19-36(27)46)13-20-37-38-28(25-50-33-11-7-4-8-12-33)23-34-39(35(38)24-42(49)51-37)41(48)45(40(34)47)32-17-15-31(16-18-32)44-30-9-5-3-6-10-30/h3-12,14-19,21-22,34-35,37,39,44,46,49H,2,13,20,23-25H2,1H3/b26-21+/t34-,35+,37-,39-/m1/s1. The number of ether oxygens (including phenoxy) is 1. The van der Waals surface area contributed by atoms with Crippen LogP contribution in [0, 0.1) is 17.8 Å². The van der Waals surface area contributed by atoms with Gasteiger partial charge in [-0.1, -0.05) is 70.9 Å². The number of fused-ring (bicyclic) bond motifs is 3. The molecule has 2 fully saturated rings. The minimum Gasteiger partial charge on any atom is -0.507 e. The number of para-hydroxylation sites is 2. The lowest BCUT2D eigenvalue weighted by Crippen LogP contribution is -2.46. The molecule has 51 heavy (non-hydrogen) atoms. The number of phenolic OH excluding ortho intramolecular Hbond substituents is 1. The van der Waals surface area contributed by atoms with Gasteiger partial charge in [-0.05, 0) is 116 Å². The number of carbonyl (C=O) groups excluding carboxylic acids is 2. The fourth-order valence-electron chi connectivity index (χ4n) is 7.75. The number of nitrogens with zero attached hydrogens (tertiary/aromatic N) is 1. The van der Waals surface area contributed by atoms with Crippen LogP contribution < -0.4 is 15.0 Å². The van der Waals surface area contributed by atoms with Crippen LogP contribution >= 0.6 is 15.9 Å². The van der Waals surface area contributed by atoms with Gasteiger partial charge < -0.3 is 24.8 Å². The van der Waals surface area contributed by atoms with Crippen LogP contribution in [-0.2, 0) is 14.2 Å². The number of amides is 2. The minimum absolute atomic E-state index is 0.200. The molecule has 2 aliphatic heterocycles. The Morgan fingerprint density at radius 2 is 1.67 bits per heavy atom. The number of nitrogens with one attached hydrogen (secondary N) is 1. The average Bonchev–Trinajstić information content (AvgIpc) is 3.40. The van der Waals surface area contributed by atoms with E-state index in [4.69, 9.17) is 9.39 Å². The van der Waals surface area contributed by atoms with E-state index in [2.05, 4.69) is 28.2 Å². The lowest BCUT2D eigenvalue weighted by atomic mass is 9.58. The van der Waals surface area contributed by atoms with Gasteiger partial charge >= 0.3 is 7.12 Å². The van der Waals surface area contributed by atoms with Crippen LogP contribution in [0.4, 0.5) is 17.1 Å². The zero-order chi connectivity index (χ0) is 35.5. The summed E-state index contributed by atoms with van der Waals surface area (Å²) in [7, 11) is -1.08. The molecule has 2 saturated heterocycles. The quantitative estimate of drug-likeness (QED) is 0.0802. The predicted octanol–water partition coefficient (Wildman–Crippen LogP) is 8.55. The highest BCUT2D eigenvalue weighted by Gasteiger charge is 2.57. The van der Waals surface area contributed by atoms with E-state index in [0.29, 0.717) is 30.7 Å². The molecule has 3 N–H and O–H groups in total. The number of imide groups is 1. The smallest absolute Gasteiger partial charge is 0.455 e. The third-order valence-corrected chi connectivity index (χ3v) is 10.7. The zero-order valence-electron chi connectivity index (χ0n) is 28.4. The van der Waals surface area contributed by atoms with Crippen molar-refractivity contribution in [3.63, 3.8) is 0 Å². The first-order chi connectivity index (χ1) is 24.8. The van der Waals surface area contributed by atoms with E-state index in [-0.39, 0.29) is 36.4 Å². The second kappa shape index (κ2) is 15.3. The molecule has 8 nitrogen and oxygen atoms in total. The molecule has 0 aromatic heterocycles. The third kappa shape index (κ3) is 7.54. The number of carbonyl (C=O) groups is 2. The molecule has 0 spiro atoms. The molecule has 4 aromatic rings. The van der Waals surface area contributed by atoms with Gasteiger partial charge in [0.05, 0.1) is 23.6 Å². The molecular weight excluding hydrogens is 707 g/mol. The Bertz CT molecular complexity index is 1950. The topological polar surface area (TPSA) is 108 Å². The van der Waals surface area contributed by atoms with Gasteiger partial charge in [0, 0.05) is 21.4 Å². The van der Waals surface area contributed by atoms with E-state index in [9.17, 15) is 19.7 Å². The molecule has 4 atom stereocenters. The Hall–Kier alpha value is -4.64. The van der Waals surface area contributed by atoms with Crippen molar-refractivity contribution in [1.82, 2.24) is 0 Å². The van der Waals surface area contributed by atoms with Crippen molar-refractivity contribution in [2.75, 3.05) is 16.8 Å². The van der Waals surface area contributed by atoms with Crippen LogP contribution in [0.25, 0.3) is 6.08 Å². The predicted molar refractivity (Wildman–Crippen MR) is 204 cm³/mol. The van der Waals surface area contributed by atoms with Crippen molar-refractivity contribution in [2.45, 2.75) is 45.0 Å². The van der Waals surface area contributed by atoms with Gasteiger partial charge in [-0.2, -0.15) is 0 Å². The number of phenols is 1. The third-order valence-electron chi connectivity index (χ3n) is 10.2. The molecule has 10 heteroatoms. The summed E-state index contributed by atoms with van der Waals surface area (Å²) in [4.78, 5) is 29.8. The number of benzene rings is 4. The molecule has 2 heterocycles. The maximum absolute atomic E-state index is 14.3. The number of hydrogen-bond donors (Lipinski definition) is 3. The Balaban J connectivity index is 1.17. The van der Waals surface area contributed by atoms with Crippen LogP contribution in [0.5, 0.6) is 11.5 Å². The Morgan fingerprint density at radius 3 is 2.39 bits per heavy atom. The lowest BCUT2D eigenvalue weighted by Gasteiger charge is -2.43. The summed E-state index contributed by atoms with van der Waals surface area (Å²) in [5.74, 6) is -1.13. The highest BCUT2D eigenvalue weighted by Crippen LogP contribution is 2.51. The van der Waals surface area contributed by atoms with Crippen LogP contribution in [0.1, 0.15) is 38.2 Å². The summed E-state index contributed by atoms with van der Waals surface area (Å²) < 4.78 is 13.4. The Kier molecular flexibility index (Phi) is 10.4. The number of halogens is 1. The van der Waals surface area contributed by atoms with Crippen molar-refractivity contribution in [3.05, 3.63) is 130 Å². The fraction of sp³-hybridized carbons (Fsp3) is 0.268. The molecule has 3 aliphatic rings. The second-order valence-electron chi connectivity index (χ2n) is 13.4. The van der Waals surface area contributed by atoms with Gasteiger partial charge in [0.15, 0.2) is 0 Å². The molecule has 0 saturated carbocycles. The molecule has 2 amide bonds. The molecule has 260 valence electrons. The first-order valence-electron chi connectivity index (χ1n) is 17.5. The van der Waals surface area contributed by atoms with Gasteiger partial charge in [-0.25, -0.2) is 0 Å².